The van der Waals surface area contributed by atoms with Gasteiger partial charge < -0.3 is 19.3 Å². The van der Waals surface area contributed by atoms with Crippen molar-refractivity contribution in [2.24, 2.45) is 7.05 Å². The lowest BCUT2D eigenvalue weighted by atomic mass is 9.91. The van der Waals surface area contributed by atoms with Crippen molar-refractivity contribution >= 4 is 12.3 Å². The van der Waals surface area contributed by atoms with Crippen molar-refractivity contribution in [1.82, 2.24) is 24.2 Å². The van der Waals surface area contributed by atoms with Gasteiger partial charge in [-0.1, -0.05) is 19.1 Å². The largest absolute Gasteiger partial charge is 0.482 e. The number of carbonyl (C=O) groups excluding carboxylic acids is 1. The Morgan fingerprint density at radius 3 is 2.56 bits per heavy atom. The molecule has 9 nitrogen and oxygen atoms in total. The maximum Gasteiger partial charge on any atom is 0.435 e. The second-order valence-corrected chi connectivity index (χ2v) is 10.5. The predicted octanol–water partition coefficient (Wildman–Crippen LogP) is 5.17. The molecule has 0 aliphatic rings. The molecule has 0 fully saturated rings. The van der Waals surface area contributed by atoms with E-state index in [4.69, 9.17) is 9.84 Å². The molecule has 0 bridgehead atoms. The van der Waals surface area contributed by atoms with Gasteiger partial charge >= 0.3 is 12.1 Å². The minimum atomic E-state index is -4.69. The summed E-state index contributed by atoms with van der Waals surface area (Å²) >= 11 is 0. The van der Waals surface area contributed by atoms with E-state index >= 15 is 0 Å². The average Bonchev–Trinajstić information content (AvgIpc) is 3.55. The Labute approximate surface area is 247 Å². The molecule has 43 heavy (non-hydrogen) atoms. The number of hydrogen-bond acceptors (Lipinski definition) is 6. The van der Waals surface area contributed by atoms with Crippen molar-refractivity contribution < 1.29 is 32.6 Å². The number of imidazole rings is 1. The van der Waals surface area contributed by atoms with Gasteiger partial charge in [0.1, 0.15) is 17.9 Å². The van der Waals surface area contributed by atoms with E-state index in [1.54, 1.807) is 30.6 Å². The van der Waals surface area contributed by atoms with E-state index in [-0.39, 0.29) is 12.0 Å². The Morgan fingerprint density at radius 1 is 1.16 bits per heavy atom. The molecule has 12 heteroatoms. The fourth-order valence-electron chi connectivity index (χ4n) is 5.06. The second-order valence-electron chi connectivity index (χ2n) is 10.5. The SMILES string of the molecule is CCc1ccc(OCC(=O)O)c(CN(C)CCc2c(C=O)cc(Cn3ccnc3C)cc2-c2cn(C)nc2C(F)(F)F)c1. The number of aryl methyl sites for hydroxylation is 3. The standard InChI is InChI=1S/C31H34F3N5O4/c1-5-21-6-7-28(43-19-29(41)42)23(12-21)16-37(3)10-8-25-24(18-40)13-22(15-39-11-9-35-20(39)2)14-26(25)27-17-38(4)36-30(27)31(32,33)34/h6-7,9,11-14,17-18H,5,8,10,15-16,19H2,1-4H3,(H,41,42). The number of rotatable bonds is 13. The molecule has 0 aliphatic heterocycles. The van der Waals surface area contributed by atoms with Gasteiger partial charge in [0.2, 0.25) is 0 Å². The molecule has 0 amide bonds. The van der Waals surface area contributed by atoms with Gasteiger partial charge in [-0.15, -0.1) is 0 Å². The molecule has 0 atom stereocenters. The van der Waals surface area contributed by atoms with Crippen LogP contribution in [0.2, 0.25) is 0 Å². The summed E-state index contributed by atoms with van der Waals surface area (Å²) in [5.74, 6) is 0.0919. The molecule has 0 unspecified atom stereocenters. The summed E-state index contributed by atoms with van der Waals surface area (Å²) in [5, 5.41) is 12.8. The van der Waals surface area contributed by atoms with E-state index in [2.05, 4.69) is 10.1 Å². The van der Waals surface area contributed by atoms with Crippen LogP contribution in [0.1, 0.15) is 51.1 Å². The first-order valence-electron chi connectivity index (χ1n) is 13.7. The molecule has 1 N–H and O–H groups in total. The van der Waals surface area contributed by atoms with Gasteiger partial charge in [-0.25, -0.2) is 9.78 Å². The number of aromatic nitrogens is 4. The summed E-state index contributed by atoms with van der Waals surface area (Å²) in [6.07, 6.45) is 1.77. The molecule has 4 aromatic rings. The number of likely N-dealkylation sites (N-methyl/N-ethyl adjacent to an activating group) is 1. The van der Waals surface area contributed by atoms with Crippen LogP contribution in [-0.4, -0.2) is 61.8 Å². The number of carboxylic acids is 1. The van der Waals surface area contributed by atoms with Gasteiger partial charge in [0.15, 0.2) is 12.3 Å². The Kier molecular flexibility index (Phi) is 9.70. The zero-order valence-electron chi connectivity index (χ0n) is 24.5. The first-order chi connectivity index (χ1) is 20.4. The number of ether oxygens (including phenoxy) is 1. The van der Waals surface area contributed by atoms with Crippen LogP contribution in [0.3, 0.4) is 0 Å². The fourth-order valence-corrected chi connectivity index (χ4v) is 5.06. The van der Waals surface area contributed by atoms with E-state index in [9.17, 15) is 22.8 Å². The zero-order valence-corrected chi connectivity index (χ0v) is 24.5. The van der Waals surface area contributed by atoms with E-state index in [1.807, 2.05) is 42.5 Å². The third-order valence-electron chi connectivity index (χ3n) is 7.20. The highest BCUT2D eigenvalue weighted by atomic mass is 19.4. The van der Waals surface area contributed by atoms with Crippen LogP contribution in [0, 0.1) is 6.92 Å². The van der Waals surface area contributed by atoms with Crippen molar-refractivity contribution in [2.75, 3.05) is 20.2 Å². The lowest BCUT2D eigenvalue weighted by Crippen LogP contribution is -2.22. The summed E-state index contributed by atoms with van der Waals surface area (Å²) in [5.41, 5.74) is 2.46. The van der Waals surface area contributed by atoms with Gasteiger partial charge in [0, 0.05) is 62.0 Å². The normalized spacial score (nSPS) is 11.7. The van der Waals surface area contributed by atoms with Gasteiger partial charge in [0.25, 0.3) is 0 Å². The first-order valence-corrected chi connectivity index (χ1v) is 13.7. The van der Waals surface area contributed by atoms with Crippen LogP contribution < -0.4 is 4.74 Å². The van der Waals surface area contributed by atoms with Crippen LogP contribution in [0.4, 0.5) is 13.2 Å². The van der Waals surface area contributed by atoms with Crippen LogP contribution in [0.25, 0.3) is 11.1 Å². The third-order valence-corrected chi connectivity index (χ3v) is 7.20. The lowest BCUT2D eigenvalue weighted by molar-refractivity contribution is -0.141. The highest BCUT2D eigenvalue weighted by Gasteiger charge is 2.38. The van der Waals surface area contributed by atoms with Crippen LogP contribution in [0.15, 0.2) is 48.9 Å². The Morgan fingerprint density at radius 2 is 1.93 bits per heavy atom. The number of carbonyl (C=O) groups is 2. The maximum absolute atomic E-state index is 14.1. The average molecular weight is 598 g/mol. The number of hydrogen-bond donors (Lipinski definition) is 1. The van der Waals surface area contributed by atoms with E-state index in [0.29, 0.717) is 53.9 Å². The van der Waals surface area contributed by atoms with E-state index in [1.165, 1.54) is 13.2 Å². The summed E-state index contributed by atoms with van der Waals surface area (Å²) in [6.45, 7) is 4.47. The molecule has 2 aromatic carbocycles. The minimum absolute atomic E-state index is 0.0973. The van der Waals surface area contributed by atoms with Crippen molar-refractivity contribution in [3.8, 4) is 16.9 Å². The molecule has 0 spiro atoms. The number of halogens is 3. The van der Waals surface area contributed by atoms with Crippen molar-refractivity contribution in [3.05, 3.63) is 88.3 Å². The molecule has 2 heterocycles. The molecule has 4 rings (SSSR count). The Hall–Kier alpha value is -4.45. The molecular formula is C31H34F3N5O4. The van der Waals surface area contributed by atoms with Crippen LogP contribution in [0.5, 0.6) is 5.75 Å². The number of aliphatic carboxylic acids is 1. The van der Waals surface area contributed by atoms with Gasteiger partial charge in [0.05, 0.1) is 0 Å². The monoisotopic (exact) mass is 597 g/mol. The topological polar surface area (TPSA) is 102 Å². The van der Waals surface area contributed by atoms with Gasteiger partial charge in [-0.2, -0.15) is 18.3 Å². The molecular weight excluding hydrogens is 563 g/mol. The quantitative estimate of drug-likeness (QED) is 0.212. The molecule has 0 saturated carbocycles. The molecule has 228 valence electrons. The van der Waals surface area contributed by atoms with Crippen LogP contribution in [-0.2, 0) is 43.9 Å². The molecule has 0 radical (unpaired) electrons. The van der Waals surface area contributed by atoms with Crippen molar-refractivity contribution in [3.63, 3.8) is 0 Å². The van der Waals surface area contributed by atoms with E-state index in [0.717, 1.165) is 28.1 Å². The number of alkyl halides is 3. The Balaban J connectivity index is 1.69. The van der Waals surface area contributed by atoms with Gasteiger partial charge in [-0.05, 0) is 67.3 Å². The number of nitrogens with zero attached hydrogens (tertiary/aromatic N) is 5. The molecule has 0 saturated heterocycles. The number of benzene rings is 2. The van der Waals surface area contributed by atoms with Gasteiger partial charge in [-0.3, -0.25) is 9.48 Å². The Bertz CT molecular complexity index is 1610. The molecule has 0 aliphatic carbocycles. The number of carboxylic acid groups (broad SMARTS) is 1. The summed E-state index contributed by atoms with van der Waals surface area (Å²) in [4.78, 5) is 29.6. The first kappa shape index (κ1) is 31.5. The number of aldehydes is 1. The highest BCUT2D eigenvalue weighted by molar-refractivity contribution is 5.84. The third kappa shape index (κ3) is 7.69. The van der Waals surface area contributed by atoms with Crippen LogP contribution >= 0.6 is 0 Å². The van der Waals surface area contributed by atoms with Crippen molar-refractivity contribution in [2.45, 2.75) is 46.0 Å². The van der Waals surface area contributed by atoms with Crippen molar-refractivity contribution in [1.29, 1.82) is 0 Å². The lowest BCUT2D eigenvalue weighted by Gasteiger charge is -2.22. The summed E-state index contributed by atoms with van der Waals surface area (Å²) in [7, 11) is 3.28. The molecule has 2 aromatic heterocycles. The predicted molar refractivity (Wildman–Crippen MR) is 154 cm³/mol. The zero-order chi connectivity index (χ0) is 31.3. The smallest absolute Gasteiger partial charge is 0.435 e. The maximum atomic E-state index is 14.1. The summed E-state index contributed by atoms with van der Waals surface area (Å²) < 4.78 is 50.7. The minimum Gasteiger partial charge on any atom is -0.482 e. The van der Waals surface area contributed by atoms with E-state index < -0.39 is 24.4 Å². The fraction of sp³-hybridized carbons (Fsp3) is 0.355. The second kappa shape index (κ2) is 13.2. The summed E-state index contributed by atoms with van der Waals surface area (Å²) in [6, 6.07) is 8.97. The highest BCUT2D eigenvalue weighted by Crippen LogP contribution is 2.39.